The summed E-state index contributed by atoms with van der Waals surface area (Å²) in [4.78, 5) is 12.4. The lowest BCUT2D eigenvalue weighted by molar-refractivity contribution is 0.0950. The quantitative estimate of drug-likeness (QED) is 0.313. The van der Waals surface area contributed by atoms with E-state index in [0.29, 0.717) is 23.7 Å². The number of rotatable bonds is 9. The van der Waals surface area contributed by atoms with Crippen LogP contribution in [-0.4, -0.2) is 35.5 Å². The van der Waals surface area contributed by atoms with Crippen molar-refractivity contribution >= 4 is 11.6 Å². The van der Waals surface area contributed by atoms with Gasteiger partial charge in [0.05, 0.1) is 25.1 Å². The van der Waals surface area contributed by atoms with Gasteiger partial charge in [-0.05, 0) is 73.5 Å². The number of methoxy groups -OCH3 is 1. The highest BCUT2D eigenvalue weighted by molar-refractivity contribution is 6.00. The summed E-state index contributed by atoms with van der Waals surface area (Å²) >= 11 is 0. The number of nitrogens with zero attached hydrogens (tertiary/aromatic N) is 2. The molecule has 0 fully saturated rings. The lowest BCUT2D eigenvalue weighted by Crippen LogP contribution is -2.19. The first-order valence-electron chi connectivity index (χ1n) is 9.88. The lowest BCUT2D eigenvalue weighted by atomic mass is 10.1. The number of carbonyl (C=O) groups excluding carboxylic acids is 1. The number of ether oxygens (including phenoxy) is 2. The number of carbonyl (C=O) groups is 1. The van der Waals surface area contributed by atoms with Crippen LogP contribution in [-0.2, 0) is 0 Å². The van der Waals surface area contributed by atoms with Gasteiger partial charge in [-0.15, -0.1) is 0 Å². The van der Waals surface area contributed by atoms with E-state index in [0.717, 1.165) is 35.5 Å². The monoisotopic (exact) mass is 406 g/mol. The van der Waals surface area contributed by atoms with E-state index in [1.807, 2.05) is 55.5 Å². The molecule has 0 saturated carbocycles. The Hall–Kier alpha value is -3.61. The van der Waals surface area contributed by atoms with Crippen molar-refractivity contribution in [1.29, 1.82) is 0 Å². The average molecular weight is 406 g/mol. The molecular weight excluding hydrogens is 380 g/mol. The van der Waals surface area contributed by atoms with Crippen molar-refractivity contribution in [2.45, 2.75) is 26.7 Å². The smallest absolute Gasteiger partial charge is 0.289 e. The third kappa shape index (κ3) is 5.47. The van der Waals surface area contributed by atoms with Gasteiger partial charge < -0.3 is 9.47 Å². The second-order valence-electron chi connectivity index (χ2n) is 6.76. The molecule has 0 radical (unpaired) electrons. The first kappa shape index (κ1) is 21.1. The number of hydrogen-bond acceptors (Lipinski definition) is 5. The number of hydrazone groups is 1. The highest BCUT2D eigenvalue weighted by Crippen LogP contribution is 2.21. The number of unbranched alkanes of at least 4 members (excludes halogenated alkanes) is 1. The van der Waals surface area contributed by atoms with E-state index in [1.54, 1.807) is 13.2 Å². The number of aromatic amines is 1. The zero-order chi connectivity index (χ0) is 21.3. The first-order valence-corrected chi connectivity index (χ1v) is 9.88. The van der Waals surface area contributed by atoms with Gasteiger partial charge in [0.25, 0.3) is 5.91 Å². The summed E-state index contributed by atoms with van der Waals surface area (Å²) in [6.07, 6.45) is 2.12. The summed E-state index contributed by atoms with van der Waals surface area (Å²) in [6.45, 7) is 4.66. The predicted octanol–water partition coefficient (Wildman–Crippen LogP) is 4.42. The lowest BCUT2D eigenvalue weighted by Gasteiger charge is -2.05. The fourth-order valence-corrected chi connectivity index (χ4v) is 2.73. The zero-order valence-electron chi connectivity index (χ0n) is 17.4. The van der Waals surface area contributed by atoms with Gasteiger partial charge in [-0.1, -0.05) is 13.3 Å². The number of nitrogens with one attached hydrogen (secondary N) is 2. The highest BCUT2D eigenvalue weighted by Gasteiger charge is 2.11. The van der Waals surface area contributed by atoms with Crippen LogP contribution in [0.2, 0.25) is 0 Å². The number of H-pyrrole nitrogens is 1. The number of amides is 1. The Kier molecular flexibility index (Phi) is 7.21. The van der Waals surface area contributed by atoms with Crippen molar-refractivity contribution in [3.63, 3.8) is 0 Å². The van der Waals surface area contributed by atoms with Crippen LogP contribution in [0.25, 0.3) is 11.3 Å². The molecule has 0 aliphatic heterocycles. The molecule has 0 bridgehead atoms. The van der Waals surface area contributed by atoms with Crippen LogP contribution >= 0.6 is 0 Å². The Morgan fingerprint density at radius 2 is 1.80 bits per heavy atom. The van der Waals surface area contributed by atoms with Crippen LogP contribution in [0, 0.1) is 0 Å². The van der Waals surface area contributed by atoms with Gasteiger partial charge in [-0.3, -0.25) is 9.89 Å². The minimum absolute atomic E-state index is 0.333. The summed E-state index contributed by atoms with van der Waals surface area (Å²) < 4.78 is 10.8. The molecule has 0 aliphatic carbocycles. The van der Waals surface area contributed by atoms with Gasteiger partial charge in [-0.25, -0.2) is 5.43 Å². The van der Waals surface area contributed by atoms with Crippen LogP contribution in [0.1, 0.15) is 42.7 Å². The molecule has 3 aromatic rings. The molecule has 30 heavy (non-hydrogen) atoms. The van der Waals surface area contributed by atoms with Crippen LogP contribution in [0.3, 0.4) is 0 Å². The Morgan fingerprint density at radius 1 is 1.10 bits per heavy atom. The van der Waals surface area contributed by atoms with Crippen molar-refractivity contribution in [2.75, 3.05) is 13.7 Å². The Labute approximate surface area is 176 Å². The van der Waals surface area contributed by atoms with E-state index in [2.05, 4.69) is 27.6 Å². The Balaban J connectivity index is 1.61. The van der Waals surface area contributed by atoms with E-state index in [4.69, 9.17) is 9.47 Å². The predicted molar refractivity (Wildman–Crippen MR) is 117 cm³/mol. The normalized spacial score (nSPS) is 11.2. The van der Waals surface area contributed by atoms with E-state index in [-0.39, 0.29) is 5.91 Å². The van der Waals surface area contributed by atoms with Crippen LogP contribution in [0.5, 0.6) is 11.5 Å². The molecule has 2 aromatic carbocycles. The van der Waals surface area contributed by atoms with Crippen molar-refractivity contribution in [2.24, 2.45) is 5.10 Å². The molecule has 2 N–H and O–H groups in total. The topological polar surface area (TPSA) is 88.6 Å². The van der Waals surface area contributed by atoms with Gasteiger partial charge in [0, 0.05) is 5.56 Å². The first-order chi connectivity index (χ1) is 14.6. The number of aromatic nitrogens is 2. The standard InChI is InChI=1S/C23H26N4O3/c1-4-5-14-30-20-12-8-18(9-13-20)21-15-22(26-25-21)23(28)27-24-16(2)17-6-10-19(29-3)11-7-17/h6-13,15H,4-5,14H2,1-3H3,(H,25,26)(H,27,28)/b24-16-. The minimum atomic E-state index is -0.360. The van der Waals surface area contributed by atoms with Gasteiger partial charge in [0.1, 0.15) is 17.2 Å². The summed E-state index contributed by atoms with van der Waals surface area (Å²) in [7, 11) is 1.62. The molecule has 0 saturated heterocycles. The highest BCUT2D eigenvalue weighted by atomic mass is 16.5. The fraction of sp³-hybridized carbons (Fsp3) is 0.261. The Morgan fingerprint density at radius 3 is 2.47 bits per heavy atom. The van der Waals surface area contributed by atoms with Crippen molar-refractivity contribution < 1.29 is 14.3 Å². The van der Waals surface area contributed by atoms with Crippen molar-refractivity contribution in [1.82, 2.24) is 15.6 Å². The SMILES string of the molecule is CCCCOc1ccc(-c2cc(C(=O)N/N=C(/C)c3ccc(OC)cc3)[nH]n2)cc1. The number of benzene rings is 2. The van der Waals surface area contributed by atoms with E-state index in [9.17, 15) is 4.79 Å². The molecule has 7 nitrogen and oxygen atoms in total. The maximum atomic E-state index is 12.4. The number of hydrogen-bond donors (Lipinski definition) is 2. The maximum absolute atomic E-state index is 12.4. The molecule has 1 amide bonds. The fourth-order valence-electron chi connectivity index (χ4n) is 2.73. The molecule has 7 heteroatoms. The van der Waals surface area contributed by atoms with E-state index < -0.39 is 0 Å². The van der Waals surface area contributed by atoms with Gasteiger partial charge in [0.2, 0.25) is 0 Å². The molecule has 1 heterocycles. The summed E-state index contributed by atoms with van der Waals surface area (Å²) in [6, 6.07) is 16.8. The molecule has 1 aromatic heterocycles. The minimum Gasteiger partial charge on any atom is -0.497 e. The molecule has 0 aliphatic rings. The van der Waals surface area contributed by atoms with Gasteiger partial charge >= 0.3 is 0 Å². The second kappa shape index (κ2) is 10.2. The summed E-state index contributed by atoms with van der Waals surface area (Å²) in [5, 5.41) is 11.2. The molecular formula is C23H26N4O3. The van der Waals surface area contributed by atoms with Crippen molar-refractivity contribution in [3.8, 4) is 22.8 Å². The summed E-state index contributed by atoms with van der Waals surface area (Å²) in [5.41, 5.74) is 6.04. The van der Waals surface area contributed by atoms with Crippen LogP contribution in [0.15, 0.2) is 59.7 Å². The average Bonchev–Trinajstić information content (AvgIpc) is 3.28. The molecule has 3 rings (SSSR count). The second-order valence-corrected chi connectivity index (χ2v) is 6.76. The maximum Gasteiger partial charge on any atom is 0.289 e. The van der Waals surface area contributed by atoms with E-state index in [1.165, 1.54) is 0 Å². The largest absolute Gasteiger partial charge is 0.497 e. The Bertz CT molecular complexity index is 992. The van der Waals surface area contributed by atoms with E-state index >= 15 is 0 Å². The van der Waals surface area contributed by atoms with Crippen LogP contribution < -0.4 is 14.9 Å². The van der Waals surface area contributed by atoms with Crippen molar-refractivity contribution in [3.05, 3.63) is 65.9 Å². The molecule has 0 atom stereocenters. The third-order valence-corrected chi connectivity index (χ3v) is 4.57. The third-order valence-electron chi connectivity index (χ3n) is 4.57. The molecule has 0 unspecified atom stereocenters. The van der Waals surface area contributed by atoms with Gasteiger partial charge in [0.15, 0.2) is 0 Å². The summed E-state index contributed by atoms with van der Waals surface area (Å²) in [5.74, 6) is 1.23. The van der Waals surface area contributed by atoms with Crippen LogP contribution in [0.4, 0.5) is 0 Å². The molecule has 0 spiro atoms. The molecule has 156 valence electrons. The van der Waals surface area contributed by atoms with Gasteiger partial charge in [-0.2, -0.15) is 10.2 Å². The zero-order valence-corrected chi connectivity index (χ0v) is 17.4.